The quantitative estimate of drug-likeness (QED) is 0.165. The molecule has 2 aromatic heterocycles. The Hall–Kier alpha value is -5.19. The molecule has 1 aliphatic heterocycles. The number of amides is 1. The molecule has 7 nitrogen and oxygen atoms in total. The van der Waals surface area contributed by atoms with Gasteiger partial charge in [-0.25, -0.2) is 4.39 Å². The molecule has 11 heteroatoms. The van der Waals surface area contributed by atoms with Crippen molar-refractivity contribution in [1.82, 2.24) is 19.7 Å². The number of halogens is 4. The number of fused-ring (bicyclic) bond motifs is 1. The Labute approximate surface area is 269 Å². The van der Waals surface area contributed by atoms with Gasteiger partial charge in [-0.1, -0.05) is 48.5 Å². The maximum atomic E-state index is 14.1. The summed E-state index contributed by atoms with van der Waals surface area (Å²) >= 11 is 0. The number of benzene rings is 3. The minimum atomic E-state index is -4.69. The standard InChI is InChI=1S/C36H33F4N5O2/c1-22-16-26(12-13-31(22)37)23(2)45-15-14-27-28(30-20-44(3)43-34(30)36(38,39)40)17-25(18-29(27)35(45)46)19-41-32-10-7-11-33(42-32)47-21-24-8-5-4-6-9-24/h4-13,16-18,20,23H,14-15,19,21H2,1-3H3,(H,41,42)/t23-/m0/s1. The number of rotatable bonds is 9. The average molecular weight is 644 g/mol. The van der Waals surface area contributed by atoms with Crippen molar-refractivity contribution in [3.05, 3.63) is 130 Å². The van der Waals surface area contributed by atoms with Gasteiger partial charge < -0.3 is 15.0 Å². The molecule has 5 aromatic rings. The Morgan fingerprint density at radius 3 is 2.47 bits per heavy atom. The number of nitrogens with zero attached hydrogens (tertiary/aromatic N) is 4. The number of anilines is 1. The van der Waals surface area contributed by atoms with Crippen LogP contribution in [0.3, 0.4) is 0 Å². The number of hydrogen-bond donors (Lipinski definition) is 1. The van der Waals surface area contributed by atoms with Gasteiger partial charge in [0, 0.05) is 43.5 Å². The highest BCUT2D eigenvalue weighted by Crippen LogP contribution is 2.41. The van der Waals surface area contributed by atoms with E-state index in [0.717, 1.165) is 15.8 Å². The number of aryl methyl sites for hydroxylation is 2. The third kappa shape index (κ3) is 6.84. The molecule has 1 N–H and O–H groups in total. The van der Waals surface area contributed by atoms with Gasteiger partial charge in [0.2, 0.25) is 5.88 Å². The molecule has 6 rings (SSSR count). The Bertz CT molecular complexity index is 1920. The van der Waals surface area contributed by atoms with Crippen LogP contribution in [0.2, 0.25) is 0 Å². The minimum Gasteiger partial charge on any atom is -0.473 e. The summed E-state index contributed by atoms with van der Waals surface area (Å²) < 4.78 is 63.4. The summed E-state index contributed by atoms with van der Waals surface area (Å²) in [6, 6.07) is 22.7. The average Bonchev–Trinajstić information content (AvgIpc) is 3.47. The van der Waals surface area contributed by atoms with Gasteiger partial charge in [0.1, 0.15) is 18.2 Å². The van der Waals surface area contributed by atoms with E-state index in [4.69, 9.17) is 4.74 Å². The van der Waals surface area contributed by atoms with Crippen LogP contribution in [0.5, 0.6) is 5.88 Å². The lowest BCUT2D eigenvalue weighted by Crippen LogP contribution is -2.39. The zero-order chi connectivity index (χ0) is 33.3. The Kier molecular flexibility index (Phi) is 8.72. The molecule has 0 fully saturated rings. The van der Waals surface area contributed by atoms with E-state index in [9.17, 15) is 22.4 Å². The van der Waals surface area contributed by atoms with Crippen LogP contribution in [-0.2, 0) is 32.8 Å². The van der Waals surface area contributed by atoms with Crippen LogP contribution in [0.4, 0.5) is 23.4 Å². The van der Waals surface area contributed by atoms with Gasteiger partial charge in [-0.15, -0.1) is 0 Å². The Balaban J connectivity index is 1.33. The number of hydrogen-bond acceptors (Lipinski definition) is 5. The van der Waals surface area contributed by atoms with Gasteiger partial charge in [0.25, 0.3) is 5.91 Å². The van der Waals surface area contributed by atoms with Gasteiger partial charge in [-0.3, -0.25) is 9.48 Å². The second-order valence-corrected chi connectivity index (χ2v) is 11.7. The molecule has 0 saturated heterocycles. The van der Waals surface area contributed by atoms with E-state index in [0.29, 0.717) is 52.5 Å². The van der Waals surface area contributed by atoms with E-state index in [1.165, 1.54) is 19.3 Å². The molecule has 0 saturated carbocycles. The first kappa shape index (κ1) is 31.8. The summed E-state index contributed by atoms with van der Waals surface area (Å²) in [5.74, 6) is 0.264. The lowest BCUT2D eigenvalue weighted by molar-refractivity contribution is -0.141. The van der Waals surface area contributed by atoms with Gasteiger partial charge in [-0.05, 0) is 77.9 Å². The summed E-state index contributed by atoms with van der Waals surface area (Å²) in [6.45, 7) is 4.33. The molecule has 0 unspecified atom stereocenters. The number of pyridine rings is 1. The van der Waals surface area contributed by atoms with E-state index < -0.39 is 11.9 Å². The lowest BCUT2D eigenvalue weighted by Gasteiger charge is -2.35. The Morgan fingerprint density at radius 1 is 0.957 bits per heavy atom. The first-order valence-electron chi connectivity index (χ1n) is 15.2. The molecule has 1 atom stereocenters. The Morgan fingerprint density at radius 2 is 1.72 bits per heavy atom. The number of carbonyl (C=O) groups is 1. The largest absolute Gasteiger partial charge is 0.473 e. The van der Waals surface area contributed by atoms with Crippen molar-refractivity contribution in [3.8, 4) is 17.0 Å². The number of nitrogens with one attached hydrogen (secondary N) is 1. The summed E-state index contributed by atoms with van der Waals surface area (Å²) in [5.41, 5.74) is 2.88. The van der Waals surface area contributed by atoms with Crippen molar-refractivity contribution in [3.63, 3.8) is 0 Å². The van der Waals surface area contributed by atoms with E-state index in [1.54, 1.807) is 54.3 Å². The fourth-order valence-corrected chi connectivity index (χ4v) is 5.91. The SMILES string of the molecule is Cc1cc([C@H](C)N2CCc3c(cc(CNc4cccc(OCc5ccccc5)n4)cc3-c3cn(C)nc3C(F)(F)F)C2=O)ccc1F. The topological polar surface area (TPSA) is 72.3 Å². The number of ether oxygens (including phenoxy) is 1. The summed E-state index contributed by atoms with van der Waals surface area (Å²) in [7, 11) is 1.44. The van der Waals surface area contributed by atoms with Crippen molar-refractivity contribution in [2.75, 3.05) is 11.9 Å². The zero-order valence-corrected chi connectivity index (χ0v) is 26.1. The monoisotopic (exact) mass is 643 g/mol. The number of aromatic nitrogens is 3. The fraction of sp³-hybridized carbons (Fsp3) is 0.250. The minimum absolute atomic E-state index is 0.0870. The van der Waals surface area contributed by atoms with Crippen molar-refractivity contribution in [2.24, 2.45) is 7.05 Å². The van der Waals surface area contributed by atoms with Crippen LogP contribution >= 0.6 is 0 Å². The number of alkyl halides is 3. The second-order valence-electron chi connectivity index (χ2n) is 11.7. The number of carbonyl (C=O) groups excluding carboxylic acids is 1. The maximum absolute atomic E-state index is 14.1. The van der Waals surface area contributed by atoms with Crippen molar-refractivity contribution in [2.45, 2.75) is 45.6 Å². The molecular formula is C36H33F4N5O2. The normalized spacial score (nSPS) is 13.8. The molecule has 242 valence electrons. The molecular weight excluding hydrogens is 610 g/mol. The summed E-state index contributed by atoms with van der Waals surface area (Å²) in [6.07, 6.45) is -3.02. The molecule has 3 heterocycles. The third-order valence-corrected chi connectivity index (χ3v) is 8.35. The van der Waals surface area contributed by atoms with Crippen LogP contribution in [0, 0.1) is 12.7 Å². The fourth-order valence-electron chi connectivity index (χ4n) is 5.91. The maximum Gasteiger partial charge on any atom is 0.435 e. The van der Waals surface area contributed by atoms with Crippen molar-refractivity contribution >= 4 is 11.7 Å². The molecule has 0 radical (unpaired) electrons. The highest BCUT2D eigenvalue weighted by Gasteiger charge is 2.39. The molecule has 47 heavy (non-hydrogen) atoms. The van der Waals surface area contributed by atoms with Crippen LogP contribution in [0.25, 0.3) is 11.1 Å². The van der Waals surface area contributed by atoms with Gasteiger partial charge >= 0.3 is 6.18 Å². The van der Waals surface area contributed by atoms with Crippen LogP contribution in [0.1, 0.15) is 56.8 Å². The van der Waals surface area contributed by atoms with Crippen molar-refractivity contribution in [1.29, 1.82) is 0 Å². The van der Waals surface area contributed by atoms with Gasteiger partial charge in [0.05, 0.1) is 6.04 Å². The molecule has 0 spiro atoms. The van der Waals surface area contributed by atoms with Crippen molar-refractivity contribution < 1.29 is 27.1 Å². The summed E-state index contributed by atoms with van der Waals surface area (Å²) in [4.78, 5) is 20.3. The van der Waals surface area contributed by atoms with E-state index in [2.05, 4.69) is 15.4 Å². The van der Waals surface area contributed by atoms with Crippen LogP contribution < -0.4 is 10.1 Å². The van der Waals surface area contributed by atoms with E-state index >= 15 is 0 Å². The molecule has 0 aliphatic carbocycles. The molecule has 1 amide bonds. The van der Waals surface area contributed by atoms with Crippen LogP contribution in [-0.4, -0.2) is 32.1 Å². The van der Waals surface area contributed by atoms with Gasteiger partial charge in [0.15, 0.2) is 5.69 Å². The second kappa shape index (κ2) is 12.9. The predicted molar refractivity (Wildman–Crippen MR) is 170 cm³/mol. The predicted octanol–water partition coefficient (Wildman–Crippen LogP) is 7.90. The first-order chi connectivity index (χ1) is 22.5. The third-order valence-electron chi connectivity index (χ3n) is 8.35. The molecule has 3 aromatic carbocycles. The van der Waals surface area contributed by atoms with E-state index in [1.807, 2.05) is 37.3 Å². The first-order valence-corrected chi connectivity index (χ1v) is 15.2. The molecule has 0 bridgehead atoms. The lowest BCUT2D eigenvalue weighted by atomic mass is 9.87. The zero-order valence-electron chi connectivity index (χ0n) is 26.1. The summed E-state index contributed by atoms with van der Waals surface area (Å²) in [5, 5.41) is 6.95. The van der Waals surface area contributed by atoms with Crippen LogP contribution in [0.15, 0.2) is 85.1 Å². The van der Waals surface area contributed by atoms with E-state index in [-0.39, 0.29) is 36.4 Å². The highest BCUT2D eigenvalue weighted by molar-refractivity contribution is 5.99. The van der Waals surface area contributed by atoms with Gasteiger partial charge in [-0.2, -0.15) is 23.3 Å². The molecule has 1 aliphatic rings. The smallest absolute Gasteiger partial charge is 0.435 e. The highest BCUT2D eigenvalue weighted by atomic mass is 19.4.